The summed E-state index contributed by atoms with van der Waals surface area (Å²) in [6.07, 6.45) is 0.384. The lowest BCUT2D eigenvalue weighted by atomic mass is 10.1. The van der Waals surface area contributed by atoms with Gasteiger partial charge in [0, 0.05) is 25.1 Å². The van der Waals surface area contributed by atoms with E-state index in [-0.39, 0.29) is 5.82 Å². The van der Waals surface area contributed by atoms with Gasteiger partial charge in [0.25, 0.3) is 0 Å². The molecule has 0 aliphatic rings. The van der Waals surface area contributed by atoms with E-state index in [0.717, 1.165) is 5.56 Å². The highest BCUT2D eigenvalue weighted by Gasteiger charge is 2.09. The van der Waals surface area contributed by atoms with Crippen LogP contribution in [-0.4, -0.2) is 30.4 Å². The highest BCUT2D eigenvalue weighted by Crippen LogP contribution is 2.20. The van der Waals surface area contributed by atoms with Gasteiger partial charge in [-0.05, 0) is 17.7 Å². The van der Waals surface area contributed by atoms with Gasteiger partial charge in [0.1, 0.15) is 5.82 Å². The molecule has 1 heterocycles. The zero-order valence-electron chi connectivity index (χ0n) is 10.3. The maximum atomic E-state index is 12.9. The topological polar surface area (TPSA) is 60.2 Å². The van der Waals surface area contributed by atoms with Gasteiger partial charge in [0.2, 0.25) is 0 Å². The maximum absolute atomic E-state index is 12.9. The summed E-state index contributed by atoms with van der Waals surface area (Å²) in [5, 5.41) is 7.08. The molecule has 19 heavy (non-hydrogen) atoms. The first-order valence-corrected chi connectivity index (χ1v) is 6.06. The van der Waals surface area contributed by atoms with E-state index in [1.807, 2.05) is 0 Å². The van der Waals surface area contributed by atoms with Crippen molar-refractivity contribution in [2.24, 2.45) is 0 Å². The summed E-state index contributed by atoms with van der Waals surface area (Å²) in [4.78, 5) is 4.14. The number of anilines is 1. The molecule has 0 bridgehead atoms. The summed E-state index contributed by atoms with van der Waals surface area (Å²) in [6, 6.07) is 4.53. The Balaban J connectivity index is 1.99. The average molecular weight is 286 g/mol. The van der Waals surface area contributed by atoms with E-state index in [1.165, 1.54) is 12.1 Å². The molecule has 2 rings (SSSR count). The van der Waals surface area contributed by atoms with Crippen LogP contribution in [0.15, 0.2) is 22.7 Å². The molecular weight excluding hydrogens is 273 g/mol. The number of methoxy groups -OCH3 is 1. The standard InChI is InChI=1S/C12H13ClFN3O2/c1-18-5-4-15-12-16-11(17-19-12)6-8-2-3-9(14)7-10(8)13/h2-3,7H,4-6H2,1H3,(H,15,16,17). The van der Waals surface area contributed by atoms with E-state index < -0.39 is 0 Å². The Labute approximate surface area is 114 Å². The molecule has 0 atom stereocenters. The maximum Gasteiger partial charge on any atom is 0.321 e. The van der Waals surface area contributed by atoms with Crippen molar-refractivity contribution in [1.82, 2.24) is 10.1 Å². The fourth-order valence-electron chi connectivity index (χ4n) is 1.49. The predicted octanol–water partition coefficient (Wildman–Crippen LogP) is 2.51. The quantitative estimate of drug-likeness (QED) is 0.827. The predicted molar refractivity (Wildman–Crippen MR) is 68.9 cm³/mol. The molecule has 5 nitrogen and oxygen atoms in total. The van der Waals surface area contributed by atoms with Crippen LogP contribution in [0.3, 0.4) is 0 Å². The Morgan fingerprint density at radius 2 is 2.32 bits per heavy atom. The molecule has 7 heteroatoms. The third-order valence-corrected chi connectivity index (χ3v) is 2.77. The summed E-state index contributed by atoms with van der Waals surface area (Å²) in [5.41, 5.74) is 0.743. The van der Waals surface area contributed by atoms with Crippen molar-refractivity contribution in [2.75, 3.05) is 25.6 Å². The van der Waals surface area contributed by atoms with E-state index in [9.17, 15) is 4.39 Å². The van der Waals surface area contributed by atoms with Crippen LogP contribution in [0.4, 0.5) is 10.4 Å². The number of benzene rings is 1. The Bertz CT molecular complexity index is 548. The molecule has 0 aliphatic carbocycles. The summed E-state index contributed by atoms with van der Waals surface area (Å²) in [6.45, 7) is 1.12. The highest BCUT2D eigenvalue weighted by molar-refractivity contribution is 6.31. The zero-order chi connectivity index (χ0) is 13.7. The molecule has 1 aromatic heterocycles. The van der Waals surface area contributed by atoms with Crippen LogP contribution in [0.2, 0.25) is 5.02 Å². The van der Waals surface area contributed by atoms with Crippen molar-refractivity contribution in [2.45, 2.75) is 6.42 Å². The smallest absolute Gasteiger partial charge is 0.321 e. The molecular formula is C12H13ClFN3O2. The van der Waals surface area contributed by atoms with E-state index in [4.69, 9.17) is 20.9 Å². The number of aromatic nitrogens is 2. The van der Waals surface area contributed by atoms with E-state index in [1.54, 1.807) is 13.2 Å². The number of halogens is 2. The summed E-state index contributed by atoms with van der Waals surface area (Å²) in [5.74, 6) is 0.109. The first-order valence-electron chi connectivity index (χ1n) is 5.68. The summed E-state index contributed by atoms with van der Waals surface area (Å²) < 4.78 is 22.8. The Morgan fingerprint density at radius 3 is 3.05 bits per heavy atom. The molecule has 102 valence electrons. The van der Waals surface area contributed by atoms with Gasteiger partial charge < -0.3 is 14.6 Å². The molecule has 0 amide bonds. The lowest BCUT2D eigenvalue weighted by Crippen LogP contribution is -2.07. The van der Waals surface area contributed by atoms with Crippen LogP contribution in [0.5, 0.6) is 0 Å². The first-order chi connectivity index (χ1) is 9.19. The minimum Gasteiger partial charge on any atom is -0.383 e. The number of nitrogens with one attached hydrogen (secondary N) is 1. The van der Waals surface area contributed by atoms with Gasteiger partial charge in [-0.15, -0.1) is 0 Å². The fraction of sp³-hybridized carbons (Fsp3) is 0.333. The van der Waals surface area contributed by atoms with Crippen LogP contribution in [0.25, 0.3) is 0 Å². The molecule has 2 aromatic rings. The van der Waals surface area contributed by atoms with E-state index in [2.05, 4.69) is 15.5 Å². The Hall–Kier alpha value is -1.66. The molecule has 0 radical (unpaired) electrons. The lowest BCUT2D eigenvalue weighted by molar-refractivity contribution is 0.210. The molecule has 1 aromatic carbocycles. The molecule has 0 saturated heterocycles. The molecule has 1 N–H and O–H groups in total. The van der Waals surface area contributed by atoms with Crippen molar-refractivity contribution >= 4 is 17.6 Å². The van der Waals surface area contributed by atoms with Crippen molar-refractivity contribution < 1.29 is 13.7 Å². The van der Waals surface area contributed by atoms with Gasteiger partial charge in [0.15, 0.2) is 5.82 Å². The van der Waals surface area contributed by atoms with Crippen molar-refractivity contribution in [3.8, 4) is 0 Å². The number of ether oxygens (including phenoxy) is 1. The third-order valence-electron chi connectivity index (χ3n) is 2.41. The molecule has 0 spiro atoms. The van der Waals surface area contributed by atoms with Crippen LogP contribution in [0.1, 0.15) is 11.4 Å². The molecule has 0 saturated carbocycles. The van der Waals surface area contributed by atoms with Crippen LogP contribution >= 0.6 is 11.6 Å². The first kappa shape index (κ1) is 13.8. The lowest BCUT2D eigenvalue weighted by Gasteiger charge is -2.00. The van der Waals surface area contributed by atoms with Gasteiger partial charge in [-0.1, -0.05) is 22.8 Å². The highest BCUT2D eigenvalue weighted by atomic mass is 35.5. The SMILES string of the molecule is COCCNc1nc(Cc2ccc(F)cc2Cl)no1. The van der Waals surface area contributed by atoms with Gasteiger partial charge in [-0.25, -0.2) is 4.39 Å². The summed E-state index contributed by atoms with van der Waals surface area (Å²) in [7, 11) is 1.61. The Kier molecular flexibility index (Phi) is 4.70. The van der Waals surface area contributed by atoms with Crippen LogP contribution in [0, 0.1) is 5.82 Å². The van der Waals surface area contributed by atoms with Gasteiger partial charge in [0.05, 0.1) is 6.61 Å². The average Bonchev–Trinajstić information content (AvgIpc) is 2.81. The zero-order valence-corrected chi connectivity index (χ0v) is 11.1. The third kappa shape index (κ3) is 3.90. The summed E-state index contributed by atoms with van der Waals surface area (Å²) >= 11 is 5.93. The van der Waals surface area contributed by atoms with Gasteiger partial charge in [-0.2, -0.15) is 4.98 Å². The second-order valence-electron chi connectivity index (χ2n) is 3.85. The molecule has 0 aliphatic heterocycles. The fourth-order valence-corrected chi connectivity index (χ4v) is 1.73. The largest absolute Gasteiger partial charge is 0.383 e. The molecule has 0 fully saturated rings. The van der Waals surface area contributed by atoms with E-state index >= 15 is 0 Å². The van der Waals surface area contributed by atoms with Crippen molar-refractivity contribution in [3.05, 3.63) is 40.4 Å². The van der Waals surface area contributed by atoms with Crippen LogP contribution in [-0.2, 0) is 11.2 Å². The van der Waals surface area contributed by atoms with Crippen LogP contribution < -0.4 is 5.32 Å². The number of hydrogen-bond donors (Lipinski definition) is 1. The normalized spacial score (nSPS) is 10.7. The van der Waals surface area contributed by atoms with Crippen molar-refractivity contribution in [1.29, 1.82) is 0 Å². The van der Waals surface area contributed by atoms with Gasteiger partial charge >= 0.3 is 6.01 Å². The Morgan fingerprint density at radius 1 is 1.47 bits per heavy atom. The van der Waals surface area contributed by atoms with E-state index in [0.29, 0.717) is 36.4 Å². The second-order valence-corrected chi connectivity index (χ2v) is 4.26. The minimum absolute atomic E-state index is 0.324. The molecule has 0 unspecified atom stereocenters. The number of nitrogens with zero attached hydrogens (tertiary/aromatic N) is 2. The monoisotopic (exact) mass is 285 g/mol. The minimum atomic E-state index is -0.371. The number of hydrogen-bond acceptors (Lipinski definition) is 5. The van der Waals surface area contributed by atoms with Crippen molar-refractivity contribution in [3.63, 3.8) is 0 Å². The number of rotatable bonds is 6. The van der Waals surface area contributed by atoms with Gasteiger partial charge in [-0.3, -0.25) is 0 Å². The second kappa shape index (κ2) is 6.49.